The third-order valence-electron chi connectivity index (χ3n) is 1.59. The van der Waals surface area contributed by atoms with Gasteiger partial charge in [-0.1, -0.05) is 13.3 Å². The number of aryl methyl sites for hydroxylation is 2. The second-order valence-electron chi connectivity index (χ2n) is 3.17. The molecule has 0 radical (unpaired) electrons. The van der Waals surface area contributed by atoms with Crippen molar-refractivity contribution in [3.8, 4) is 0 Å². The Labute approximate surface area is 117 Å². The van der Waals surface area contributed by atoms with Gasteiger partial charge in [-0.3, -0.25) is 0 Å². The number of hydrogen-bond acceptors (Lipinski definition) is 0. The number of nitrogens with zero attached hydrogens (tertiary/aromatic N) is 2. The summed E-state index contributed by atoms with van der Waals surface area (Å²) >= 11 is 7.23. The van der Waals surface area contributed by atoms with Crippen LogP contribution in [-0.4, -0.2) is 16.4 Å². The number of aromatic nitrogens is 2. The molecule has 1 aromatic heterocycles. The van der Waals surface area contributed by atoms with E-state index in [-0.39, 0.29) is 0 Å². The second-order valence-corrected chi connectivity index (χ2v) is 73.4. The monoisotopic (exact) mass is 526 g/mol. The topological polar surface area (TPSA) is 8.81 Å². The Morgan fingerprint density at radius 2 is 1.93 bits per heavy atom. The van der Waals surface area contributed by atoms with Crippen LogP contribution in [0.25, 0.3) is 0 Å². The van der Waals surface area contributed by atoms with Crippen LogP contribution in [0.15, 0.2) is 18.7 Å². The van der Waals surface area contributed by atoms with Crippen LogP contribution in [0.1, 0.15) is 19.8 Å². The molecular weight excluding hydrogens is 514 g/mol. The molecule has 0 N–H and O–H groups in total. The van der Waals surface area contributed by atoms with Gasteiger partial charge in [-0.2, -0.15) is 0 Å². The van der Waals surface area contributed by atoms with Crippen LogP contribution in [0.2, 0.25) is 0 Å². The van der Waals surface area contributed by atoms with E-state index in [2.05, 4.69) is 71.7 Å². The summed E-state index contributed by atoms with van der Waals surface area (Å²) in [4.78, 5) is 0. The fourth-order valence-corrected chi connectivity index (χ4v) is 0.975. The zero-order valence-corrected chi connectivity index (χ0v) is 17.6. The Balaban J connectivity index is 0.000000336. The molecule has 0 aliphatic heterocycles. The average Bonchev–Trinajstić information content (AvgIpc) is 2.45. The summed E-state index contributed by atoms with van der Waals surface area (Å²) in [6.07, 6.45) is 8.82. The van der Waals surface area contributed by atoms with Gasteiger partial charge < -0.3 is 0 Å². The molecule has 0 amide bonds. The van der Waals surface area contributed by atoms with Crippen LogP contribution in [0.4, 0.5) is 0 Å². The van der Waals surface area contributed by atoms with Gasteiger partial charge in [0.25, 0.3) is 0 Å². The molecule has 7 heteroatoms. The van der Waals surface area contributed by atoms with Gasteiger partial charge in [0.2, 0.25) is 6.33 Å². The van der Waals surface area contributed by atoms with Crippen molar-refractivity contribution in [2.24, 2.45) is 7.05 Å². The predicted octanol–water partition coefficient (Wildman–Crippen LogP) is 3.96. The molecule has 0 aliphatic carbocycles. The second kappa shape index (κ2) is 8.84. The summed E-state index contributed by atoms with van der Waals surface area (Å²) in [7, 11) is 7.54. The maximum absolute atomic E-state index is 5.50. The van der Waals surface area contributed by atoms with E-state index in [1.54, 1.807) is 0 Å². The van der Waals surface area contributed by atoms with Crippen molar-refractivity contribution in [1.29, 1.82) is 0 Å². The standard InChI is InChI=1S/C8H15N2.3BrH.ClH.In/c1-3-4-5-10-7-6-9(2)8-10;;;;;/h6-8H,3-5H2,1-2H3;4*1H;/q+1;;;;;+3/p-4. The summed E-state index contributed by atoms with van der Waals surface area (Å²) in [6.45, 7) is 3.36. The van der Waals surface area contributed by atoms with E-state index in [1.165, 1.54) is 12.8 Å². The number of rotatable bonds is 3. The summed E-state index contributed by atoms with van der Waals surface area (Å²) in [5, 5.41) is 0. The van der Waals surface area contributed by atoms with Crippen LogP contribution in [0.5, 0.6) is 0 Å². The minimum atomic E-state index is -2.35. The normalized spacial score (nSPS) is 10.8. The summed E-state index contributed by atoms with van der Waals surface area (Å²) in [6, 6.07) is 0. The van der Waals surface area contributed by atoms with Gasteiger partial charge in [-0.25, -0.2) is 9.13 Å². The Hall–Kier alpha value is 1.81. The van der Waals surface area contributed by atoms with Crippen molar-refractivity contribution < 1.29 is 4.57 Å². The van der Waals surface area contributed by atoms with E-state index in [0.29, 0.717) is 0 Å². The fourth-order valence-electron chi connectivity index (χ4n) is 0.975. The van der Waals surface area contributed by atoms with Gasteiger partial charge in [0.15, 0.2) is 0 Å². The zero-order valence-electron chi connectivity index (χ0n) is 8.84. The molecule has 1 aromatic rings. The first-order chi connectivity index (χ1) is 6.83. The molecule has 0 saturated carbocycles. The first-order valence-electron chi connectivity index (χ1n) is 4.71. The van der Waals surface area contributed by atoms with Gasteiger partial charge >= 0.3 is 57.3 Å². The van der Waals surface area contributed by atoms with Crippen LogP contribution in [-0.2, 0) is 13.6 Å². The fraction of sp³-hybridized carbons (Fsp3) is 0.625. The van der Waals surface area contributed by atoms with Gasteiger partial charge in [0.05, 0.1) is 13.6 Å². The van der Waals surface area contributed by atoms with Crippen LogP contribution in [0.3, 0.4) is 0 Å². The first-order valence-corrected chi connectivity index (χ1v) is 31.0. The molecule has 0 fully saturated rings. The maximum atomic E-state index is 5.50. The van der Waals surface area contributed by atoms with Crippen molar-refractivity contribution in [1.82, 2.24) is 4.57 Å². The van der Waals surface area contributed by atoms with Gasteiger partial charge in [-0.05, 0) is 6.42 Å². The Morgan fingerprint density at radius 1 is 1.40 bits per heavy atom. The molecule has 0 unspecified atom stereocenters. The third-order valence-corrected chi connectivity index (χ3v) is 1.59. The summed E-state index contributed by atoms with van der Waals surface area (Å²) in [5.41, 5.74) is 0. The number of unbranched alkanes of at least 4 members (excludes halogenated alkanes) is 1. The average molecular weight is 529 g/mol. The van der Waals surface area contributed by atoms with E-state index in [1.807, 2.05) is 7.05 Å². The number of imidazole rings is 1. The molecule has 1 heterocycles. The van der Waals surface area contributed by atoms with Crippen LogP contribution in [0, 0.1) is 0 Å². The van der Waals surface area contributed by atoms with E-state index in [4.69, 9.17) is 8.58 Å². The predicted molar refractivity (Wildman–Crippen MR) is 78.9 cm³/mol. The molecule has 88 valence electrons. The molecule has 0 aromatic carbocycles. The Kier molecular flexibility index (Phi) is 9.90. The van der Waals surface area contributed by atoms with Gasteiger partial charge in [-0.15, -0.1) is 0 Å². The van der Waals surface area contributed by atoms with Crippen molar-refractivity contribution in [3.63, 3.8) is 0 Å². The minimum absolute atomic E-state index is 1.15. The molecule has 1 rings (SSSR count). The first kappa shape index (κ1) is 16.8. The summed E-state index contributed by atoms with van der Waals surface area (Å²) < 4.78 is 4.28. The van der Waals surface area contributed by atoms with Gasteiger partial charge in [0.1, 0.15) is 12.4 Å². The molecule has 0 spiro atoms. The van der Waals surface area contributed by atoms with E-state index in [0.717, 1.165) is 6.54 Å². The molecule has 0 aliphatic rings. The zero-order chi connectivity index (χ0) is 11.9. The molecular formula is C8H15Br3ClInN2. The Bertz CT molecular complexity index is 269. The molecule has 2 nitrogen and oxygen atoms in total. The Morgan fingerprint density at radius 3 is 2.27 bits per heavy atom. The van der Waals surface area contributed by atoms with Crippen molar-refractivity contribution in [2.45, 2.75) is 26.3 Å². The van der Waals surface area contributed by atoms with Crippen molar-refractivity contribution >= 4 is 57.3 Å². The van der Waals surface area contributed by atoms with E-state index < -0.39 is 11.8 Å². The molecule has 15 heavy (non-hydrogen) atoms. The number of hydrogen-bond donors (Lipinski definition) is 0. The molecule has 0 atom stereocenters. The summed E-state index contributed by atoms with van der Waals surface area (Å²) in [5.74, 6) is 0. The van der Waals surface area contributed by atoms with Crippen LogP contribution < -0.4 is 4.57 Å². The SMILES string of the molecule is CCCCn1cc[n+](C)c1.[Cl][In-]([Br])([Br])[Br]. The van der Waals surface area contributed by atoms with E-state index >= 15 is 0 Å². The van der Waals surface area contributed by atoms with Crippen LogP contribution >= 0.6 is 45.5 Å². The third kappa shape index (κ3) is 13.7. The molecule has 0 saturated heterocycles. The quantitative estimate of drug-likeness (QED) is 0.525. The molecule has 0 bridgehead atoms. The number of halogens is 4. The van der Waals surface area contributed by atoms with Gasteiger partial charge in [0, 0.05) is 0 Å². The van der Waals surface area contributed by atoms with Crippen molar-refractivity contribution in [3.05, 3.63) is 18.7 Å². The van der Waals surface area contributed by atoms with Crippen molar-refractivity contribution in [2.75, 3.05) is 0 Å². The van der Waals surface area contributed by atoms with E-state index in [9.17, 15) is 0 Å².